The minimum absolute atomic E-state index is 0.135. The second-order valence-corrected chi connectivity index (χ2v) is 7.39. The standard InChI is InChI=1S/C19H21ClN2O3/c1-12-16(17(22-25-12)13-4-2-3-5-14(13)20)18(23)21-15-6-7-19(15)8-10-24-11-9-19/h2-5,15H,6-11H2,1H3,(H,21,23). The summed E-state index contributed by atoms with van der Waals surface area (Å²) in [6.45, 7) is 3.32. The summed E-state index contributed by atoms with van der Waals surface area (Å²) in [5.74, 6) is 0.372. The summed E-state index contributed by atoms with van der Waals surface area (Å²) in [7, 11) is 0. The first-order chi connectivity index (χ1) is 12.1. The summed E-state index contributed by atoms with van der Waals surface area (Å²) in [6, 6.07) is 7.54. The maximum absolute atomic E-state index is 13.0. The zero-order chi connectivity index (χ0) is 17.4. The van der Waals surface area contributed by atoms with E-state index in [1.54, 1.807) is 13.0 Å². The fourth-order valence-electron chi connectivity index (χ4n) is 4.01. The number of carbonyl (C=O) groups excluding carboxylic acids is 1. The van der Waals surface area contributed by atoms with Crippen molar-refractivity contribution in [2.45, 2.75) is 38.6 Å². The summed E-state index contributed by atoms with van der Waals surface area (Å²) in [4.78, 5) is 13.0. The average Bonchev–Trinajstić information content (AvgIpc) is 3.01. The molecule has 1 atom stereocenters. The Hall–Kier alpha value is -1.85. The topological polar surface area (TPSA) is 64.4 Å². The molecule has 132 valence electrons. The molecule has 25 heavy (non-hydrogen) atoms. The van der Waals surface area contributed by atoms with Gasteiger partial charge >= 0.3 is 0 Å². The molecule has 1 aliphatic heterocycles. The van der Waals surface area contributed by atoms with Crippen molar-refractivity contribution in [2.24, 2.45) is 5.41 Å². The van der Waals surface area contributed by atoms with E-state index in [0.717, 1.165) is 38.9 Å². The van der Waals surface area contributed by atoms with Crippen LogP contribution in [-0.2, 0) is 4.74 Å². The van der Waals surface area contributed by atoms with E-state index in [-0.39, 0.29) is 17.4 Å². The van der Waals surface area contributed by atoms with Crippen LogP contribution in [0.3, 0.4) is 0 Å². The highest BCUT2D eigenvalue weighted by Gasteiger charge is 2.48. The molecule has 4 rings (SSSR count). The predicted molar refractivity (Wildman–Crippen MR) is 94.7 cm³/mol. The van der Waals surface area contributed by atoms with Crippen molar-refractivity contribution in [1.29, 1.82) is 0 Å². The number of carbonyl (C=O) groups is 1. The summed E-state index contributed by atoms with van der Waals surface area (Å²) in [5, 5.41) is 7.85. The van der Waals surface area contributed by atoms with E-state index in [1.807, 2.05) is 18.2 Å². The lowest BCUT2D eigenvalue weighted by Crippen LogP contribution is -2.57. The number of nitrogens with zero attached hydrogens (tertiary/aromatic N) is 1. The number of halogens is 1. The number of ether oxygens (including phenoxy) is 1. The van der Waals surface area contributed by atoms with Gasteiger partial charge < -0.3 is 14.6 Å². The fraction of sp³-hybridized carbons (Fsp3) is 0.474. The molecule has 2 aromatic rings. The number of aryl methyl sites for hydroxylation is 1. The highest BCUT2D eigenvalue weighted by atomic mass is 35.5. The third-order valence-corrected chi connectivity index (χ3v) is 6.01. The molecule has 1 amide bonds. The van der Waals surface area contributed by atoms with Crippen molar-refractivity contribution in [2.75, 3.05) is 13.2 Å². The molecule has 1 aromatic carbocycles. The summed E-state index contributed by atoms with van der Waals surface area (Å²) in [5.41, 5.74) is 1.88. The van der Waals surface area contributed by atoms with Gasteiger partial charge in [-0.15, -0.1) is 0 Å². The first kappa shape index (κ1) is 16.6. The SMILES string of the molecule is Cc1onc(-c2ccccc2Cl)c1C(=O)NC1CCC12CCOCC2. The Labute approximate surface area is 151 Å². The number of nitrogens with one attached hydrogen (secondary N) is 1. The van der Waals surface area contributed by atoms with Gasteiger partial charge in [0.15, 0.2) is 0 Å². The molecular weight excluding hydrogens is 340 g/mol. The number of aromatic nitrogens is 1. The third kappa shape index (κ3) is 2.85. The van der Waals surface area contributed by atoms with Gasteiger partial charge in [-0.25, -0.2) is 0 Å². The van der Waals surface area contributed by atoms with Gasteiger partial charge in [-0.1, -0.05) is 35.0 Å². The van der Waals surface area contributed by atoms with Gasteiger partial charge in [0.25, 0.3) is 5.91 Å². The molecule has 0 radical (unpaired) electrons. The number of amides is 1. The largest absolute Gasteiger partial charge is 0.381 e. The molecule has 2 heterocycles. The molecule has 2 aliphatic rings. The van der Waals surface area contributed by atoms with Gasteiger partial charge in [0.1, 0.15) is 17.0 Å². The van der Waals surface area contributed by atoms with Gasteiger partial charge in [-0.2, -0.15) is 0 Å². The molecule has 6 heteroatoms. The smallest absolute Gasteiger partial charge is 0.257 e. The van der Waals surface area contributed by atoms with Crippen LogP contribution in [-0.4, -0.2) is 30.3 Å². The lowest BCUT2D eigenvalue weighted by atomic mass is 9.60. The first-order valence-corrected chi connectivity index (χ1v) is 9.08. The Balaban J connectivity index is 1.59. The van der Waals surface area contributed by atoms with Crippen molar-refractivity contribution in [3.63, 3.8) is 0 Å². The van der Waals surface area contributed by atoms with Crippen LogP contribution in [0, 0.1) is 12.3 Å². The van der Waals surface area contributed by atoms with Gasteiger partial charge in [0.2, 0.25) is 0 Å². The van der Waals surface area contributed by atoms with Crippen LogP contribution in [0.25, 0.3) is 11.3 Å². The molecule has 1 saturated heterocycles. The van der Waals surface area contributed by atoms with Crippen LogP contribution in [0.1, 0.15) is 41.8 Å². The van der Waals surface area contributed by atoms with Crippen molar-refractivity contribution >= 4 is 17.5 Å². The molecule has 1 saturated carbocycles. The molecular formula is C19H21ClN2O3. The van der Waals surface area contributed by atoms with Gasteiger partial charge in [0.05, 0.1) is 5.02 Å². The third-order valence-electron chi connectivity index (χ3n) is 5.68. The van der Waals surface area contributed by atoms with Crippen LogP contribution in [0.15, 0.2) is 28.8 Å². The predicted octanol–water partition coefficient (Wildman–Crippen LogP) is 3.99. The van der Waals surface area contributed by atoms with Crippen LogP contribution >= 0.6 is 11.6 Å². The Bertz CT molecular complexity index is 796. The second-order valence-electron chi connectivity index (χ2n) is 6.98. The van der Waals surface area contributed by atoms with E-state index in [2.05, 4.69) is 10.5 Å². The van der Waals surface area contributed by atoms with Crippen LogP contribution in [0.5, 0.6) is 0 Å². The van der Waals surface area contributed by atoms with Crippen molar-refractivity contribution in [3.8, 4) is 11.3 Å². The average molecular weight is 361 g/mol. The maximum atomic E-state index is 13.0. The Morgan fingerprint density at radius 2 is 2.04 bits per heavy atom. The highest BCUT2D eigenvalue weighted by molar-refractivity contribution is 6.33. The van der Waals surface area contributed by atoms with E-state index < -0.39 is 0 Å². The maximum Gasteiger partial charge on any atom is 0.257 e. The molecule has 1 unspecified atom stereocenters. The molecule has 2 fully saturated rings. The van der Waals surface area contributed by atoms with E-state index in [0.29, 0.717) is 27.6 Å². The Morgan fingerprint density at radius 1 is 1.28 bits per heavy atom. The summed E-state index contributed by atoms with van der Waals surface area (Å²) < 4.78 is 10.8. The second kappa shape index (κ2) is 6.46. The lowest BCUT2D eigenvalue weighted by molar-refractivity contribution is -0.0523. The minimum Gasteiger partial charge on any atom is -0.381 e. The fourth-order valence-corrected chi connectivity index (χ4v) is 4.23. The normalized spacial score (nSPS) is 21.8. The Kier molecular flexibility index (Phi) is 4.29. The summed E-state index contributed by atoms with van der Waals surface area (Å²) in [6.07, 6.45) is 4.19. The van der Waals surface area contributed by atoms with Crippen LogP contribution < -0.4 is 5.32 Å². The van der Waals surface area contributed by atoms with E-state index in [9.17, 15) is 4.79 Å². The van der Waals surface area contributed by atoms with Crippen molar-refractivity contribution < 1.29 is 14.1 Å². The number of rotatable bonds is 3. The van der Waals surface area contributed by atoms with Crippen molar-refractivity contribution in [3.05, 3.63) is 40.6 Å². The zero-order valence-electron chi connectivity index (χ0n) is 14.2. The number of benzene rings is 1. The van der Waals surface area contributed by atoms with Crippen molar-refractivity contribution in [1.82, 2.24) is 10.5 Å². The van der Waals surface area contributed by atoms with Gasteiger partial charge in [-0.05, 0) is 44.1 Å². The van der Waals surface area contributed by atoms with E-state index in [1.165, 1.54) is 0 Å². The van der Waals surface area contributed by atoms with E-state index >= 15 is 0 Å². The molecule has 1 N–H and O–H groups in total. The van der Waals surface area contributed by atoms with Gasteiger partial charge in [-0.3, -0.25) is 4.79 Å². The molecule has 1 spiro atoms. The van der Waals surface area contributed by atoms with E-state index in [4.69, 9.17) is 20.9 Å². The summed E-state index contributed by atoms with van der Waals surface area (Å²) >= 11 is 6.28. The zero-order valence-corrected chi connectivity index (χ0v) is 14.9. The molecule has 1 aliphatic carbocycles. The molecule has 0 bridgehead atoms. The number of hydrogen-bond donors (Lipinski definition) is 1. The minimum atomic E-state index is -0.135. The van der Waals surface area contributed by atoms with Crippen LogP contribution in [0.4, 0.5) is 0 Å². The quantitative estimate of drug-likeness (QED) is 0.898. The highest BCUT2D eigenvalue weighted by Crippen LogP contribution is 2.49. The first-order valence-electron chi connectivity index (χ1n) is 8.70. The Morgan fingerprint density at radius 3 is 2.72 bits per heavy atom. The van der Waals surface area contributed by atoms with Gasteiger partial charge in [0, 0.05) is 24.8 Å². The molecule has 5 nitrogen and oxygen atoms in total. The molecule has 1 aromatic heterocycles. The monoisotopic (exact) mass is 360 g/mol. The van der Waals surface area contributed by atoms with Crippen LogP contribution in [0.2, 0.25) is 5.02 Å². The number of hydrogen-bond acceptors (Lipinski definition) is 4. The lowest BCUT2D eigenvalue weighted by Gasteiger charge is -2.52.